The summed E-state index contributed by atoms with van der Waals surface area (Å²) in [6.45, 7) is 11.1. The number of quaternary nitrogens is 1. The van der Waals surface area contributed by atoms with Crippen molar-refractivity contribution in [3.05, 3.63) is 0 Å². The van der Waals surface area contributed by atoms with Gasteiger partial charge in [-0.25, -0.2) is 0 Å². The van der Waals surface area contributed by atoms with E-state index in [9.17, 15) is 16.8 Å². The Hall–Kier alpha value is -0.0831. The second kappa shape index (κ2) is 15.7. The van der Waals surface area contributed by atoms with Crippen molar-refractivity contribution >= 4 is 29.0 Å². The Morgan fingerprint density at radius 2 is 1.20 bits per heavy atom. The van der Waals surface area contributed by atoms with E-state index < -0.39 is 29.0 Å². The van der Waals surface area contributed by atoms with Crippen LogP contribution in [0.5, 0.6) is 0 Å². The third kappa shape index (κ3) is 18.7. The Bertz CT molecular complexity index is 603. The molecule has 0 unspecified atom stereocenters. The van der Waals surface area contributed by atoms with Gasteiger partial charge in [-0.3, -0.25) is 9.11 Å². The smallest absolute Gasteiger partial charge is 0.265 e. The van der Waals surface area contributed by atoms with Crippen LogP contribution in [0.1, 0.15) is 32.6 Å². The van der Waals surface area contributed by atoms with E-state index in [0.717, 1.165) is 25.4 Å². The SMILES string of the molecule is CCCOCCOCC[N+](CCC[SiH](C)C)(CCCS(=O)(=O)O)CCCS(=O)(=O)O. The molecule has 0 amide bonds. The summed E-state index contributed by atoms with van der Waals surface area (Å²) in [5, 5.41) is 0. The second-order valence-corrected chi connectivity index (χ2v) is 14.8. The van der Waals surface area contributed by atoms with Crippen LogP contribution in [0.2, 0.25) is 19.1 Å². The molecule has 0 saturated heterocycles. The molecule has 0 bridgehead atoms. The first kappa shape index (κ1) is 29.9. The van der Waals surface area contributed by atoms with Gasteiger partial charge in [-0.2, -0.15) is 16.8 Å². The number of hydrogen-bond donors (Lipinski definition) is 2. The molecule has 0 aliphatic carbocycles. The first-order valence-electron chi connectivity index (χ1n) is 10.8. The van der Waals surface area contributed by atoms with Crippen LogP contribution in [-0.2, 0) is 29.7 Å². The van der Waals surface area contributed by atoms with Gasteiger partial charge in [0.15, 0.2) is 0 Å². The fourth-order valence-electron chi connectivity index (χ4n) is 3.39. The van der Waals surface area contributed by atoms with E-state index in [1.807, 2.05) is 6.92 Å². The highest BCUT2D eigenvalue weighted by molar-refractivity contribution is 7.86. The summed E-state index contributed by atoms with van der Waals surface area (Å²) in [6.07, 6.45) is 2.48. The van der Waals surface area contributed by atoms with Gasteiger partial charge in [-0.15, -0.1) is 0 Å². The average molecular weight is 493 g/mol. The molecule has 0 fully saturated rings. The minimum atomic E-state index is -4.05. The van der Waals surface area contributed by atoms with E-state index >= 15 is 0 Å². The highest BCUT2D eigenvalue weighted by Gasteiger charge is 2.28. The molecule has 0 radical (unpaired) electrons. The standard InChI is InChI=1S/C18H41NO8S2Si/c1-4-12-26-14-15-27-13-11-19(10-7-18-30(2)3,8-5-16-28(20,21)22)9-6-17-29(23,24)25/h30H,4-18H2,1-3H3,(H-,20,21,22,23,24,25)/p+1. The summed E-state index contributed by atoms with van der Waals surface area (Å²) >= 11 is 0. The average Bonchev–Trinajstić information content (AvgIpc) is 2.58. The van der Waals surface area contributed by atoms with Gasteiger partial charge in [0.25, 0.3) is 20.2 Å². The van der Waals surface area contributed by atoms with E-state index in [2.05, 4.69) is 13.1 Å². The molecule has 0 aliphatic rings. The molecule has 0 heterocycles. The van der Waals surface area contributed by atoms with Crippen LogP contribution in [0.3, 0.4) is 0 Å². The predicted octanol–water partition coefficient (Wildman–Crippen LogP) is 1.68. The van der Waals surface area contributed by atoms with E-state index in [-0.39, 0.29) is 24.3 Å². The Balaban J connectivity index is 5.02. The zero-order valence-electron chi connectivity index (χ0n) is 18.8. The van der Waals surface area contributed by atoms with Crippen molar-refractivity contribution in [1.29, 1.82) is 0 Å². The minimum Gasteiger partial charge on any atom is -0.379 e. The Morgan fingerprint density at radius 1 is 0.733 bits per heavy atom. The fourth-order valence-corrected chi connectivity index (χ4v) is 5.38. The number of nitrogens with zero attached hydrogens (tertiary/aromatic N) is 1. The van der Waals surface area contributed by atoms with Crippen molar-refractivity contribution < 1.29 is 39.9 Å². The maximum Gasteiger partial charge on any atom is 0.265 e. The van der Waals surface area contributed by atoms with Gasteiger partial charge in [-0.05, 0) is 12.8 Å². The highest BCUT2D eigenvalue weighted by Crippen LogP contribution is 2.15. The van der Waals surface area contributed by atoms with Crippen LogP contribution in [0, 0.1) is 0 Å². The molecule has 182 valence electrons. The maximum atomic E-state index is 11.2. The Labute approximate surface area is 184 Å². The van der Waals surface area contributed by atoms with Crippen molar-refractivity contribution in [2.75, 3.05) is 64.1 Å². The van der Waals surface area contributed by atoms with Crippen molar-refractivity contribution in [2.45, 2.75) is 51.7 Å². The van der Waals surface area contributed by atoms with Crippen LogP contribution in [0.15, 0.2) is 0 Å². The predicted molar refractivity (Wildman–Crippen MR) is 122 cm³/mol. The lowest BCUT2D eigenvalue weighted by Gasteiger charge is -2.39. The van der Waals surface area contributed by atoms with E-state index in [0.29, 0.717) is 50.5 Å². The lowest BCUT2D eigenvalue weighted by Crippen LogP contribution is -2.53. The molecule has 0 aromatic rings. The summed E-state index contributed by atoms with van der Waals surface area (Å²) in [5.74, 6) is -0.647. The topological polar surface area (TPSA) is 127 Å². The lowest BCUT2D eigenvalue weighted by atomic mass is 10.2. The second-order valence-electron chi connectivity index (χ2n) is 8.28. The summed E-state index contributed by atoms with van der Waals surface area (Å²) < 4.78 is 74.4. The first-order chi connectivity index (χ1) is 13.9. The molecule has 12 heteroatoms. The van der Waals surface area contributed by atoms with Gasteiger partial charge >= 0.3 is 0 Å². The maximum absolute atomic E-state index is 11.2. The third-order valence-corrected chi connectivity index (χ3v) is 8.09. The molecule has 0 aromatic heterocycles. The largest absolute Gasteiger partial charge is 0.379 e. The Kier molecular flexibility index (Phi) is 15.6. The molecule has 0 aliphatic heterocycles. The van der Waals surface area contributed by atoms with Gasteiger partial charge in [0.1, 0.15) is 6.54 Å². The summed E-state index contributed by atoms with van der Waals surface area (Å²) in [6, 6.07) is 1.14. The van der Waals surface area contributed by atoms with Crippen molar-refractivity contribution in [3.8, 4) is 0 Å². The first-order valence-corrected chi connectivity index (χ1v) is 17.1. The van der Waals surface area contributed by atoms with Crippen LogP contribution in [0.25, 0.3) is 0 Å². The molecular formula is C18H42NO8S2Si+. The molecule has 2 N–H and O–H groups in total. The number of rotatable bonds is 20. The van der Waals surface area contributed by atoms with Gasteiger partial charge in [0.05, 0.1) is 51.0 Å². The molecule has 0 saturated carbocycles. The molecular weight excluding hydrogens is 450 g/mol. The summed E-state index contributed by atoms with van der Waals surface area (Å²) in [4.78, 5) is 0. The summed E-state index contributed by atoms with van der Waals surface area (Å²) in [7, 11) is -8.85. The van der Waals surface area contributed by atoms with Crippen molar-refractivity contribution in [1.82, 2.24) is 0 Å². The number of ether oxygens (including phenoxy) is 2. The molecule has 0 aromatic carbocycles. The van der Waals surface area contributed by atoms with Crippen molar-refractivity contribution in [2.24, 2.45) is 0 Å². The minimum absolute atomic E-state index is 0.281. The molecule has 0 atom stereocenters. The van der Waals surface area contributed by atoms with Gasteiger partial charge in [0.2, 0.25) is 0 Å². The quantitative estimate of drug-likeness (QED) is 0.114. The van der Waals surface area contributed by atoms with E-state index in [1.54, 1.807) is 0 Å². The number of hydrogen-bond acceptors (Lipinski definition) is 6. The zero-order chi connectivity index (χ0) is 23.1. The normalized spacial score (nSPS) is 13.3. The van der Waals surface area contributed by atoms with E-state index in [1.165, 1.54) is 0 Å². The van der Waals surface area contributed by atoms with Crippen LogP contribution in [-0.4, -0.2) is 103 Å². The van der Waals surface area contributed by atoms with Crippen LogP contribution >= 0.6 is 0 Å². The fraction of sp³-hybridized carbons (Fsp3) is 1.00. The Morgan fingerprint density at radius 3 is 1.63 bits per heavy atom. The van der Waals surface area contributed by atoms with Gasteiger partial charge in [0, 0.05) is 28.2 Å². The highest BCUT2D eigenvalue weighted by atomic mass is 32.2. The third-order valence-electron chi connectivity index (χ3n) is 4.91. The molecule has 0 rings (SSSR count). The molecule has 30 heavy (non-hydrogen) atoms. The van der Waals surface area contributed by atoms with Gasteiger partial charge < -0.3 is 14.0 Å². The zero-order valence-corrected chi connectivity index (χ0v) is 21.6. The van der Waals surface area contributed by atoms with Gasteiger partial charge in [-0.1, -0.05) is 26.1 Å². The van der Waals surface area contributed by atoms with Crippen LogP contribution in [0.4, 0.5) is 0 Å². The van der Waals surface area contributed by atoms with Crippen LogP contribution < -0.4 is 0 Å². The monoisotopic (exact) mass is 492 g/mol. The summed E-state index contributed by atoms with van der Waals surface area (Å²) in [5.41, 5.74) is 0. The van der Waals surface area contributed by atoms with Crippen molar-refractivity contribution in [3.63, 3.8) is 0 Å². The van der Waals surface area contributed by atoms with E-state index in [4.69, 9.17) is 18.6 Å². The molecule has 9 nitrogen and oxygen atoms in total. The lowest BCUT2D eigenvalue weighted by molar-refractivity contribution is -0.928. The molecule has 0 spiro atoms.